The molecule has 2 aromatic rings. The van der Waals surface area contributed by atoms with Gasteiger partial charge in [-0.3, -0.25) is 0 Å². The number of hydrogen-bond donors (Lipinski definition) is 0. The first-order valence-electron chi connectivity index (χ1n) is 5.80. The van der Waals surface area contributed by atoms with Gasteiger partial charge < -0.3 is 9.15 Å². The standard InChI is InChI=1S/C12H15N3O3/c1-4-17-11(16)10-7-18-12(13-10)15-6-5-9(14-15)8(2)3/h5-8H,4H2,1-3H3. The van der Waals surface area contributed by atoms with Crippen molar-refractivity contribution in [1.82, 2.24) is 14.8 Å². The van der Waals surface area contributed by atoms with Gasteiger partial charge in [-0.2, -0.15) is 14.8 Å². The summed E-state index contributed by atoms with van der Waals surface area (Å²) in [6.07, 6.45) is 3.01. The van der Waals surface area contributed by atoms with Crippen LogP contribution in [0.1, 0.15) is 42.9 Å². The van der Waals surface area contributed by atoms with Gasteiger partial charge in [0.15, 0.2) is 5.69 Å². The van der Waals surface area contributed by atoms with Crippen LogP contribution in [0.15, 0.2) is 22.9 Å². The lowest BCUT2D eigenvalue weighted by Crippen LogP contribution is -2.05. The Bertz CT molecular complexity index is 542. The highest BCUT2D eigenvalue weighted by atomic mass is 16.5. The van der Waals surface area contributed by atoms with Gasteiger partial charge in [0.05, 0.1) is 12.3 Å². The molecule has 18 heavy (non-hydrogen) atoms. The first-order chi connectivity index (χ1) is 8.61. The number of carbonyl (C=O) groups excluding carboxylic acids is 1. The van der Waals surface area contributed by atoms with E-state index in [4.69, 9.17) is 9.15 Å². The Morgan fingerprint density at radius 2 is 2.33 bits per heavy atom. The molecule has 0 amide bonds. The lowest BCUT2D eigenvalue weighted by atomic mass is 10.1. The molecule has 2 aromatic heterocycles. The van der Waals surface area contributed by atoms with Crippen molar-refractivity contribution in [2.75, 3.05) is 6.61 Å². The van der Waals surface area contributed by atoms with Crippen molar-refractivity contribution in [2.24, 2.45) is 0 Å². The Morgan fingerprint density at radius 3 is 2.94 bits per heavy atom. The van der Waals surface area contributed by atoms with Crippen molar-refractivity contribution in [3.63, 3.8) is 0 Å². The fraction of sp³-hybridized carbons (Fsp3) is 0.417. The smallest absolute Gasteiger partial charge is 0.360 e. The first-order valence-corrected chi connectivity index (χ1v) is 5.80. The molecular weight excluding hydrogens is 234 g/mol. The summed E-state index contributed by atoms with van der Waals surface area (Å²) < 4.78 is 11.5. The average molecular weight is 249 g/mol. The predicted molar refractivity (Wildman–Crippen MR) is 63.7 cm³/mol. The summed E-state index contributed by atoms with van der Waals surface area (Å²) in [6.45, 7) is 6.14. The van der Waals surface area contributed by atoms with Gasteiger partial charge in [-0.1, -0.05) is 13.8 Å². The van der Waals surface area contributed by atoms with Crippen LogP contribution in [-0.4, -0.2) is 27.3 Å². The van der Waals surface area contributed by atoms with Crippen molar-refractivity contribution >= 4 is 5.97 Å². The zero-order chi connectivity index (χ0) is 13.1. The van der Waals surface area contributed by atoms with E-state index < -0.39 is 5.97 Å². The number of nitrogens with zero attached hydrogens (tertiary/aromatic N) is 3. The van der Waals surface area contributed by atoms with Crippen molar-refractivity contribution in [1.29, 1.82) is 0 Å². The monoisotopic (exact) mass is 249 g/mol. The number of hydrogen-bond acceptors (Lipinski definition) is 5. The van der Waals surface area contributed by atoms with Crippen molar-refractivity contribution in [3.8, 4) is 6.01 Å². The zero-order valence-corrected chi connectivity index (χ0v) is 10.6. The maximum atomic E-state index is 11.4. The summed E-state index contributed by atoms with van der Waals surface area (Å²) in [6, 6.07) is 2.14. The number of rotatable bonds is 4. The molecule has 0 saturated heterocycles. The molecule has 0 fully saturated rings. The largest absolute Gasteiger partial charge is 0.461 e. The molecule has 0 aromatic carbocycles. The molecule has 6 nitrogen and oxygen atoms in total. The maximum absolute atomic E-state index is 11.4. The molecule has 0 bridgehead atoms. The maximum Gasteiger partial charge on any atom is 0.360 e. The van der Waals surface area contributed by atoms with E-state index in [1.165, 1.54) is 10.9 Å². The Hall–Kier alpha value is -2.11. The second-order valence-electron chi connectivity index (χ2n) is 4.08. The van der Waals surface area contributed by atoms with Crippen LogP contribution in [-0.2, 0) is 4.74 Å². The van der Waals surface area contributed by atoms with Crippen molar-refractivity contribution < 1.29 is 13.9 Å². The minimum atomic E-state index is -0.497. The Labute approximate surface area is 105 Å². The van der Waals surface area contributed by atoms with Crippen LogP contribution >= 0.6 is 0 Å². The average Bonchev–Trinajstić information content (AvgIpc) is 2.98. The minimum Gasteiger partial charge on any atom is -0.461 e. The predicted octanol–water partition coefficient (Wildman–Crippen LogP) is 2.16. The van der Waals surface area contributed by atoms with Gasteiger partial charge in [0.1, 0.15) is 6.26 Å². The molecule has 2 heterocycles. The quantitative estimate of drug-likeness (QED) is 0.776. The molecule has 0 aliphatic heterocycles. The van der Waals surface area contributed by atoms with E-state index in [2.05, 4.69) is 10.1 Å². The normalized spacial score (nSPS) is 10.9. The van der Waals surface area contributed by atoms with Crippen LogP contribution in [0.3, 0.4) is 0 Å². The van der Waals surface area contributed by atoms with E-state index in [1.54, 1.807) is 13.1 Å². The van der Waals surface area contributed by atoms with E-state index in [1.807, 2.05) is 19.9 Å². The summed E-state index contributed by atoms with van der Waals surface area (Å²) in [4.78, 5) is 15.5. The summed E-state index contributed by atoms with van der Waals surface area (Å²) in [7, 11) is 0. The topological polar surface area (TPSA) is 70.2 Å². The number of aromatic nitrogens is 3. The second-order valence-corrected chi connectivity index (χ2v) is 4.08. The highest BCUT2D eigenvalue weighted by Crippen LogP contribution is 2.14. The van der Waals surface area contributed by atoms with Crippen LogP contribution in [0.5, 0.6) is 0 Å². The van der Waals surface area contributed by atoms with E-state index >= 15 is 0 Å². The van der Waals surface area contributed by atoms with Crippen LogP contribution in [0.4, 0.5) is 0 Å². The Kier molecular flexibility index (Phi) is 3.45. The molecule has 96 valence electrons. The Morgan fingerprint density at radius 1 is 1.56 bits per heavy atom. The highest BCUT2D eigenvalue weighted by molar-refractivity contribution is 5.86. The summed E-state index contributed by atoms with van der Waals surface area (Å²) in [5.74, 6) is -0.172. The lowest BCUT2D eigenvalue weighted by molar-refractivity contribution is 0.0519. The Balaban J connectivity index is 2.21. The number of oxazole rings is 1. The van der Waals surface area contributed by atoms with Crippen LogP contribution < -0.4 is 0 Å². The minimum absolute atomic E-state index is 0.147. The van der Waals surface area contributed by atoms with Gasteiger partial charge in [0.25, 0.3) is 0 Å². The highest BCUT2D eigenvalue weighted by Gasteiger charge is 2.15. The zero-order valence-electron chi connectivity index (χ0n) is 10.6. The van der Waals surface area contributed by atoms with E-state index in [-0.39, 0.29) is 11.7 Å². The van der Waals surface area contributed by atoms with E-state index in [9.17, 15) is 4.79 Å². The third-order valence-electron chi connectivity index (χ3n) is 2.37. The number of ether oxygens (including phenoxy) is 1. The summed E-state index contributed by atoms with van der Waals surface area (Å²) in [5.41, 5.74) is 1.08. The van der Waals surface area contributed by atoms with Gasteiger partial charge in [-0.05, 0) is 18.9 Å². The third-order valence-corrected chi connectivity index (χ3v) is 2.37. The SMILES string of the molecule is CCOC(=O)c1coc(-n2ccc(C(C)C)n2)n1. The van der Waals surface area contributed by atoms with E-state index in [0.29, 0.717) is 12.5 Å². The first kappa shape index (κ1) is 12.3. The lowest BCUT2D eigenvalue weighted by Gasteiger charge is -1.97. The van der Waals surface area contributed by atoms with Crippen LogP contribution in [0, 0.1) is 0 Å². The van der Waals surface area contributed by atoms with Crippen molar-refractivity contribution in [3.05, 3.63) is 29.9 Å². The third kappa shape index (κ3) is 2.42. The molecule has 6 heteroatoms. The summed E-state index contributed by atoms with van der Waals surface area (Å²) in [5, 5.41) is 4.31. The summed E-state index contributed by atoms with van der Waals surface area (Å²) >= 11 is 0. The number of esters is 1. The molecule has 0 atom stereocenters. The van der Waals surface area contributed by atoms with Gasteiger partial charge in [-0.15, -0.1) is 0 Å². The molecule has 0 radical (unpaired) electrons. The molecular formula is C12H15N3O3. The van der Waals surface area contributed by atoms with Gasteiger partial charge in [-0.25, -0.2) is 4.79 Å². The molecule has 0 aliphatic carbocycles. The molecule has 0 unspecified atom stereocenters. The number of carbonyl (C=O) groups is 1. The van der Waals surface area contributed by atoms with Gasteiger partial charge in [0, 0.05) is 6.20 Å². The molecule has 0 saturated carbocycles. The molecule has 0 aliphatic rings. The van der Waals surface area contributed by atoms with Gasteiger partial charge >= 0.3 is 12.0 Å². The van der Waals surface area contributed by atoms with E-state index in [0.717, 1.165) is 5.69 Å². The molecule has 0 spiro atoms. The van der Waals surface area contributed by atoms with Crippen LogP contribution in [0.25, 0.3) is 6.01 Å². The molecule has 0 N–H and O–H groups in total. The molecule has 2 rings (SSSR count). The fourth-order valence-electron chi connectivity index (χ4n) is 1.42. The fourth-order valence-corrected chi connectivity index (χ4v) is 1.42. The second kappa shape index (κ2) is 5.03. The van der Waals surface area contributed by atoms with Gasteiger partial charge in [0.2, 0.25) is 0 Å². The van der Waals surface area contributed by atoms with Crippen molar-refractivity contribution in [2.45, 2.75) is 26.7 Å². The van der Waals surface area contributed by atoms with Crippen LogP contribution in [0.2, 0.25) is 0 Å².